The molecule has 0 radical (unpaired) electrons. The predicted molar refractivity (Wildman–Crippen MR) is 90.1 cm³/mol. The van der Waals surface area contributed by atoms with Crippen LogP contribution in [0.15, 0.2) is 12.1 Å². The van der Waals surface area contributed by atoms with Crippen molar-refractivity contribution in [2.75, 3.05) is 36.0 Å². The molecule has 0 aliphatic carbocycles. The predicted octanol–water partition coefficient (Wildman–Crippen LogP) is 1.39. The molecule has 3 rings (SSSR count). The molecule has 0 saturated carbocycles. The van der Waals surface area contributed by atoms with Gasteiger partial charge in [-0.2, -0.15) is 0 Å². The third kappa shape index (κ3) is 3.87. The van der Waals surface area contributed by atoms with Crippen LogP contribution in [0.3, 0.4) is 0 Å². The fraction of sp³-hybridized carbons (Fsp3) is 0.529. The molecule has 2 saturated heterocycles. The molecule has 142 valence electrons. The molecule has 2 heterocycles. The summed E-state index contributed by atoms with van der Waals surface area (Å²) in [6, 6.07) is 2.21. The van der Waals surface area contributed by atoms with Crippen LogP contribution in [-0.2, 0) is 9.53 Å². The van der Waals surface area contributed by atoms with Crippen molar-refractivity contribution >= 4 is 23.4 Å². The highest BCUT2D eigenvalue weighted by Crippen LogP contribution is 2.32. The molecule has 0 unspecified atom stereocenters. The molecule has 1 aromatic rings. The number of carbonyl (C=O) groups is 2. The lowest BCUT2D eigenvalue weighted by molar-refractivity contribution is -0.119. The van der Waals surface area contributed by atoms with Crippen LogP contribution < -0.4 is 15.1 Å². The summed E-state index contributed by atoms with van der Waals surface area (Å²) in [5, 5.41) is 12.1. The molecule has 1 atom stereocenters. The maximum atomic E-state index is 14.5. The van der Waals surface area contributed by atoms with Crippen molar-refractivity contribution in [3.8, 4) is 0 Å². The topological polar surface area (TPSA) is 82.1 Å². The SMILES string of the molecule is CC(=O)NC[C@H]1CN(c2cc(F)c(N3CCC(O)CC3)c(F)c2)C(=O)O1. The number of benzene rings is 1. The van der Waals surface area contributed by atoms with Crippen molar-refractivity contribution in [2.24, 2.45) is 0 Å². The Kier molecular flexibility index (Phi) is 5.26. The lowest BCUT2D eigenvalue weighted by atomic mass is 10.1. The van der Waals surface area contributed by atoms with E-state index in [9.17, 15) is 23.5 Å². The quantitative estimate of drug-likeness (QED) is 0.838. The van der Waals surface area contributed by atoms with Gasteiger partial charge in [-0.15, -0.1) is 0 Å². The van der Waals surface area contributed by atoms with Gasteiger partial charge in [-0.25, -0.2) is 13.6 Å². The van der Waals surface area contributed by atoms with Crippen LogP contribution >= 0.6 is 0 Å². The van der Waals surface area contributed by atoms with Crippen molar-refractivity contribution in [3.05, 3.63) is 23.8 Å². The summed E-state index contributed by atoms with van der Waals surface area (Å²) < 4.78 is 34.2. The summed E-state index contributed by atoms with van der Waals surface area (Å²) in [7, 11) is 0. The number of piperidine rings is 1. The van der Waals surface area contributed by atoms with Gasteiger partial charge >= 0.3 is 6.09 Å². The van der Waals surface area contributed by atoms with E-state index in [-0.39, 0.29) is 30.4 Å². The van der Waals surface area contributed by atoms with Crippen LogP contribution in [0.5, 0.6) is 0 Å². The summed E-state index contributed by atoms with van der Waals surface area (Å²) in [5.74, 6) is -1.79. The highest BCUT2D eigenvalue weighted by atomic mass is 19.1. The van der Waals surface area contributed by atoms with Gasteiger partial charge in [0.05, 0.1) is 24.9 Å². The lowest BCUT2D eigenvalue weighted by Gasteiger charge is -2.32. The molecular weight excluding hydrogens is 348 g/mol. The Hall–Kier alpha value is -2.42. The first-order valence-electron chi connectivity index (χ1n) is 8.49. The number of amides is 2. The Morgan fingerprint density at radius 1 is 1.31 bits per heavy atom. The van der Waals surface area contributed by atoms with Gasteiger partial charge < -0.3 is 20.1 Å². The van der Waals surface area contributed by atoms with E-state index >= 15 is 0 Å². The minimum absolute atomic E-state index is 0.0659. The Labute approximate surface area is 149 Å². The third-order valence-electron chi connectivity index (χ3n) is 4.55. The lowest BCUT2D eigenvalue weighted by Crippen LogP contribution is -2.37. The molecular formula is C17H21F2N3O4. The van der Waals surface area contributed by atoms with Gasteiger partial charge in [0.2, 0.25) is 5.91 Å². The standard InChI is InChI=1S/C17H21F2N3O4/c1-10(23)20-8-13-9-22(17(25)26-13)11-6-14(18)16(15(19)7-11)21-4-2-12(24)3-5-21/h6-7,12-13,24H,2-5,8-9H2,1H3,(H,20,23)/t13-/m0/s1. The number of ether oxygens (including phenoxy) is 1. The van der Waals surface area contributed by atoms with E-state index < -0.39 is 29.9 Å². The maximum Gasteiger partial charge on any atom is 0.414 e. The Morgan fingerprint density at radius 2 is 1.92 bits per heavy atom. The molecule has 0 aromatic heterocycles. The molecule has 0 spiro atoms. The zero-order valence-electron chi connectivity index (χ0n) is 14.4. The van der Waals surface area contributed by atoms with E-state index in [0.717, 1.165) is 17.0 Å². The van der Waals surface area contributed by atoms with Crippen molar-refractivity contribution in [1.82, 2.24) is 5.32 Å². The normalized spacial score (nSPS) is 21.1. The third-order valence-corrected chi connectivity index (χ3v) is 4.55. The number of cyclic esters (lactones) is 1. The molecule has 2 N–H and O–H groups in total. The first-order chi connectivity index (χ1) is 12.3. The van der Waals surface area contributed by atoms with E-state index in [0.29, 0.717) is 25.9 Å². The largest absolute Gasteiger partial charge is 0.442 e. The molecule has 2 aliphatic heterocycles. The number of rotatable bonds is 4. The molecule has 2 amide bonds. The average molecular weight is 369 g/mol. The Balaban J connectivity index is 1.75. The highest BCUT2D eigenvalue weighted by Gasteiger charge is 2.34. The van der Waals surface area contributed by atoms with Crippen molar-refractivity contribution < 1.29 is 28.2 Å². The number of aliphatic hydroxyl groups excluding tert-OH is 1. The molecule has 1 aromatic carbocycles. The molecule has 0 bridgehead atoms. The fourth-order valence-electron chi connectivity index (χ4n) is 3.20. The first kappa shape index (κ1) is 18.4. The first-order valence-corrected chi connectivity index (χ1v) is 8.49. The van der Waals surface area contributed by atoms with Gasteiger partial charge in [0.15, 0.2) is 11.6 Å². The number of anilines is 2. The number of halogens is 2. The number of nitrogens with one attached hydrogen (secondary N) is 1. The van der Waals surface area contributed by atoms with Gasteiger partial charge in [-0.1, -0.05) is 0 Å². The number of aliphatic hydroxyl groups is 1. The summed E-state index contributed by atoms with van der Waals surface area (Å²) in [5.41, 5.74) is -0.0841. The summed E-state index contributed by atoms with van der Waals surface area (Å²) in [6.07, 6.45) is -0.848. The van der Waals surface area contributed by atoms with E-state index in [1.165, 1.54) is 6.92 Å². The van der Waals surface area contributed by atoms with E-state index in [4.69, 9.17) is 4.74 Å². The van der Waals surface area contributed by atoms with E-state index in [1.54, 1.807) is 4.90 Å². The second kappa shape index (κ2) is 7.45. The smallest absolute Gasteiger partial charge is 0.414 e. The van der Waals surface area contributed by atoms with Crippen LogP contribution in [-0.4, -0.2) is 55.5 Å². The second-order valence-electron chi connectivity index (χ2n) is 6.53. The Morgan fingerprint density at radius 3 is 2.50 bits per heavy atom. The van der Waals surface area contributed by atoms with Gasteiger partial charge in [0, 0.05) is 32.1 Å². The minimum Gasteiger partial charge on any atom is -0.442 e. The van der Waals surface area contributed by atoms with E-state index in [2.05, 4.69) is 5.32 Å². The number of carbonyl (C=O) groups excluding carboxylic acids is 2. The van der Waals surface area contributed by atoms with Crippen LogP contribution in [0, 0.1) is 11.6 Å². The van der Waals surface area contributed by atoms with E-state index in [1.807, 2.05) is 0 Å². The number of hydrogen-bond donors (Lipinski definition) is 2. The van der Waals surface area contributed by atoms with Crippen molar-refractivity contribution in [3.63, 3.8) is 0 Å². The molecule has 2 aliphatic rings. The van der Waals surface area contributed by atoms with Crippen molar-refractivity contribution in [2.45, 2.75) is 32.0 Å². The number of hydrogen-bond acceptors (Lipinski definition) is 5. The average Bonchev–Trinajstić information content (AvgIpc) is 2.95. The van der Waals surface area contributed by atoms with Crippen molar-refractivity contribution in [1.29, 1.82) is 0 Å². The molecule has 26 heavy (non-hydrogen) atoms. The van der Waals surface area contributed by atoms with Crippen LogP contribution in [0.4, 0.5) is 25.0 Å². The van der Waals surface area contributed by atoms with Crippen LogP contribution in [0.2, 0.25) is 0 Å². The minimum atomic E-state index is -0.769. The van der Waals surface area contributed by atoms with Gasteiger partial charge in [-0.05, 0) is 12.8 Å². The molecule has 7 nitrogen and oxygen atoms in total. The summed E-state index contributed by atoms with van der Waals surface area (Å²) in [6.45, 7) is 2.29. The maximum absolute atomic E-state index is 14.5. The van der Waals surface area contributed by atoms with Gasteiger partial charge in [0.25, 0.3) is 0 Å². The number of nitrogens with zero attached hydrogens (tertiary/aromatic N) is 2. The Bertz CT molecular complexity index is 684. The molecule has 2 fully saturated rings. The van der Waals surface area contributed by atoms with Crippen LogP contribution in [0.25, 0.3) is 0 Å². The molecule has 9 heteroatoms. The summed E-state index contributed by atoms with van der Waals surface area (Å²) >= 11 is 0. The summed E-state index contributed by atoms with van der Waals surface area (Å²) in [4.78, 5) is 25.6. The fourth-order valence-corrected chi connectivity index (χ4v) is 3.20. The van der Waals surface area contributed by atoms with Gasteiger partial charge in [-0.3, -0.25) is 9.69 Å². The zero-order valence-corrected chi connectivity index (χ0v) is 14.4. The highest BCUT2D eigenvalue weighted by molar-refractivity contribution is 5.90. The van der Waals surface area contributed by atoms with Gasteiger partial charge in [0.1, 0.15) is 11.8 Å². The second-order valence-corrected chi connectivity index (χ2v) is 6.53. The zero-order chi connectivity index (χ0) is 18.8. The monoisotopic (exact) mass is 369 g/mol. The van der Waals surface area contributed by atoms with Crippen LogP contribution in [0.1, 0.15) is 19.8 Å².